The number of carbonyl (C=O) groups excluding carboxylic acids is 1. The number of carbonyl (C=O) groups is 2. The Hall–Kier alpha value is -0.266. The summed E-state index contributed by atoms with van der Waals surface area (Å²) in [5.74, 6) is -2.08. The number of hydrogen-bond acceptors (Lipinski definition) is 5. The largest absolute Gasteiger partial charge is 0.479 e. The first-order valence-electron chi connectivity index (χ1n) is 8.27. The summed E-state index contributed by atoms with van der Waals surface area (Å²) in [5, 5.41) is 9.75. The second-order valence-corrected chi connectivity index (χ2v) is 8.86. The molecule has 0 radical (unpaired) electrons. The molecule has 0 amide bonds. The minimum atomic E-state index is -2.03. The van der Waals surface area contributed by atoms with E-state index < -0.39 is 40.4 Å². The molecule has 0 aliphatic heterocycles. The van der Waals surface area contributed by atoms with E-state index in [4.69, 9.17) is 14.2 Å². The minimum absolute atomic E-state index is 0. The molecule has 0 heterocycles. The number of carboxylic acids is 1. The van der Waals surface area contributed by atoms with Crippen LogP contribution in [0.1, 0.15) is 75.7 Å². The molecule has 25 heavy (non-hydrogen) atoms. The van der Waals surface area contributed by atoms with Crippen LogP contribution in [0.3, 0.4) is 0 Å². The van der Waals surface area contributed by atoms with Crippen molar-refractivity contribution in [2.45, 2.75) is 104 Å². The number of ether oxygens (including phenoxy) is 3. The van der Waals surface area contributed by atoms with Crippen LogP contribution in [0, 0.1) is 0 Å². The van der Waals surface area contributed by atoms with Gasteiger partial charge < -0.3 is 19.3 Å². The van der Waals surface area contributed by atoms with Gasteiger partial charge in [0.15, 0.2) is 0 Å². The smallest absolute Gasteiger partial charge is 0.344 e. The summed E-state index contributed by atoms with van der Waals surface area (Å²) >= 11 is 0. The van der Waals surface area contributed by atoms with E-state index in [1.807, 2.05) is 0 Å². The Morgan fingerprint density at radius 1 is 0.840 bits per heavy atom. The van der Waals surface area contributed by atoms with Gasteiger partial charge in [0.05, 0.1) is 16.8 Å². The Labute approximate surface area is 166 Å². The van der Waals surface area contributed by atoms with Crippen molar-refractivity contribution >= 4 is 11.8 Å². The second-order valence-electron chi connectivity index (χ2n) is 8.86. The monoisotopic (exact) mass is 394 g/mol. The van der Waals surface area contributed by atoms with E-state index in [0.717, 1.165) is 0 Å². The van der Waals surface area contributed by atoms with Crippen molar-refractivity contribution in [3.63, 3.8) is 0 Å². The van der Waals surface area contributed by atoms with Gasteiger partial charge in [0, 0.05) is 21.7 Å². The van der Waals surface area contributed by atoms with E-state index in [-0.39, 0.29) is 28.1 Å². The van der Waals surface area contributed by atoms with Crippen LogP contribution in [0.5, 0.6) is 0 Å². The molecule has 0 aliphatic carbocycles. The van der Waals surface area contributed by atoms with Crippen LogP contribution in [-0.4, -0.2) is 45.6 Å². The molecule has 0 rings (SSSR count). The summed E-state index contributed by atoms with van der Waals surface area (Å²) in [5.41, 5.74) is -4.23. The van der Waals surface area contributed by atoms with Gasteiger partial charge in [-0.1, -0.05) is 6.92 Å². The van der Waals surface area contributed by atoms with Gasteiger partial charge in [0.25, 0.3) is 0 Å². The zero-order valence-corrected chi connectivity index (χ0v) is 18.8. The fourth-order valence-electron chi connectivity index (χ4n) is 2.08. The molecular weight excluding hydrogens is 360 g/mol. The van der Waals surface area contributed by atoms with Crippen LogP contribution in [0.25, 0.3) is 0 Å². The number of ketones is 1. The van der Waals surface area contributed by atoms with E-state index in [1.165, 1.54) is 0 Å². The first-order valence-corrected chi connectivity index (χ1v) is 8.27. The van der Waals surface area contributed by atoms with Crippen molar-refractivity contribution in [2.75, 3.05) is 0 Å². The van der Waals surface area contributed by atoms with Gasteiger partial charge in [-0.3, -0.25) is 4.79 Å². The first kappa shape index (κ1) is 27.0. The fraction of sp³-hybridized carbons (Fsp3) is 0.889. The molecule has 0 aliphatic rings. The molecule has 7 heteroatoms. The topological polar surface area (TPSA) is 82.1 Å². The maximum Gasteiger partial charge on any atom is 0.344 e. The zero-order chi connectivity index (χ0) is 19.6. The molecule has 0 aromatic rings. The third-order valence-electron chi connectivity index (χ3n) is 2.86. The van der Waals surface area contributed by atoms with Crippen molar-refractivity contribution in [1.82, 2.24) is 0 Å². The summed E-state index contributed by atoms with van der Waals surface area (Å²) in [6, 6.07) is 0. The molecule has 1 atom stereocenters. The molecule has 0 saturated heterocycles. The van der Waals surface area contributed by atoms with E-state index >= 15 is 0 Å². The molecule has 0 spiro atoms. The number of rotatable bonds is 7. The zero-order valence-electron chi connectivity index (χ0n) is 17.3. The van der Waals surface area contributed by atoms with Crippen LogP contribution in [0.2, 0.25) is 0 Å². The Morgan fingerprint density at radius 3 is 1.40 bits per heavy atom. The van der Waals surface area contributed by atoms with E-state index in [0.29, 0.717) is 0 Å². The molecule has 0 aromatic heterocycles. The van der Waals surface area contributed by atoms with E-state index in [1.54, 1.807) is 69.2 Å². The average molecular weight is 394 g/mol. The van der Waals surface area contributed by atoms with Crippen molar-refractivity contribution in [1.29, 1.82) is 0 Å². The minimum Gasteiger partial charge on any atom is -0.479 e. The van der Waals surface area contributed by atoms with Crippen molar-refractivity contribution in [3.8, 4) is 0 Å². The average Bonchev–Trinajstić information content (AvgIpc) is 2.29. The van der Waals surface area contributed by atoms with Crippen molar-refractivity contribution in [3.05, 3.63) is 0 Å². The third kappa shape index (κ3) is 9.29. The van der Waals surface area contributed by atoms with Gasteiger partial charge in [-0.25, -0.2) is 4.79 Å². The summed E-state index contributed by atoms with van der Waals surface area (Å²) in [6.07, 6.45) is -1.38. The Morgan fingerprint density at radius 2 is 1.20 bits per heavy atom. The predicted molar refractivity (Wildman–Crippen MR) is 92.0 cm³/mol. The van der Waals surface area contributed by atoms with Gasteiger partial charge in [0.1, 0.15) is 0 Å². The quantitative estimate of drug-likeness (QED) is 0.404. The van der Waals surface area contributed by atoms with Crippen LogP contribution in [-0.2, 0) is 45.5 Å². The molecule has 146 valence electrons. The molecule has 1 unspecified atom stereocenters. The Kier molecular flexibility index (Phi) is 9.80. The Balaban J connectivity index is 0. The molecule has 1 N–H and O–H groups in total. The SMILES string of the molecule is CCC(OC(C)(C)C)(C(=O)O)C(=O)C(OC(C)(C)C)OC(C)(C)C.[Ti]. The maximum absolute atomic E-state index is 13.1. The number of hydrogen-bond donors (Lipinski definition) is 1. The van der Waals surface area contributed by atoms with Crippen molar-refractivity contribution < 1.29 is 50.6 Å². The molecular formula is C18H34O6Ti. The van der Waals surface area contributed by atoms with Gasteiger partial charge in [0.2, 0.25) is 17.7 Å². The van der Waals surface area contributed by atoms with Gasteiger partial charge in [-0.2, -0.15) is 0 Å². The second kappa shape index (κ2) is 9.09. The number of Topliss-reactive ketones (excluding diaryl/α,β-unsaturated/α-hetero) is 1. The van der Waals surface area contributed by atoms with Crippen LogP contribution in [0.15, 0.2) is 0 Å². The summed E-state index contributed by atoms with van der Waals surface area (Å²) in [6.45, 7) is 17.4. The standard InChI is InChI=1S/C18H34O6.Ti/c1-11-18(14(20)21,24-17(8,9)10)12(19)13(22-15(2,3)4)23-16(5,6)7;/h13H,11H2,1-10H3,(H,20,21);. The first-order chi connectivity index (χ1) is 10.4. The van der Waals surface area contributed by atoms with Crippen molar-refractivity contribution in [2.24, 2.45) is 0 Å². The maximum atomic E-state index is 13.1. The summed E-state index contributed by atoms with van der Waals surface area (Å²) in [4.78, 5) is 25.1. The number of aliphatic carboxylic acids is 1. The fourth-order valence-corrected chi connectivity index (χ4v) is 2.08. The Bertz CT molecular complexity index is 440. The molecule has 6 nitrogen and oxygen atoms in total. The van der Waals surface area contributed by atoms with Gasteiger partial charge >= 0.3 is 5.97 Å². The normalized spacial score (nSPS) is 15.5. The summed E-state index contributed by atoms with van der Waals surface area (Å²) < 4.78 is 17.2. The van der Waals surface area contributed by atoms with E-state index in [2.05, 4.69) is 0 Å². The number of carboxylic acid groups (broad SMARTS) is 1. The summed E-state index contributed by atoms with van der Waals surface area (Å²) in [7, 11) is 0. The van der Waals surface area contributed by atoms with Crippen LogP contribution in [0.4, 0.5) is 0 Å². The van der Waals surface area contributed by atoms with Gasteiger partial charge in [-0.05, 0) is 68.7 Å². The van der Waals surface area contributed by atoms with E-state index in [9.17, 15) is 14.7 Å². The third-order valence-corrected chi connectivity index (χ3v) is 2.86. The van der Waals surface area contributed by atoms with Crippen LogP contribution >= 0.6 is 0 Å². The predicted octanol–water partition coefficient (Wildman–Crippen LogP) is 3.56. The molecule has 0 fully saturated rings. The molecule has 0 aromatic carbocycles. The van der Waals surface area contributed by atoms with Crippen LogP contribution < -0.4 is 0 Å². The van der Waals surface area contributed by atoms with Gasteiger partial charge in [-0.15, -0.1) is 0 Å². The molecule has 0 bridgehead atoms. The molecule has 0 saturated carbocycles.